The van der Waals surface area contributed by atoms with Gasteiger partial charge in [0, 0.05) is 25.7 Å². The zero-order chi connectivity index (χ0) is 22.7. The molecule has 2 aromatic carbocycles. The molecule has 0 unspecified atom stereocenters. The average molecular weight is 441 g/mol. The number of nitrogens with zero attached hydrogens (tertiary/aromatic N) is 1. The van der Waals surface area contributed by atoms with Crippen molar-refractivity contribution in [3.05, 3.63) is 58.7 Å². The third-order valence-electron chi connectivity index (χ3n) is 6.49. The molecule has 2 aliphatic rings. The monoisotopic (exact) mass is 440 g/mol. The minimum Gasteiger partial charge on any atom is -0.492 e. The van der Waals surface area contributed by atoms with E-state index < -0.39 is 6.10 Å². The van der Waals surface area contributed by atoms with E-state index in [1.807, 2.05) is 12.1 Å². The number of aliphatic hydroxyl groups is 1. The van der Waals surface area contributed by atoms with Crippen LogP contribution in [0.4, 0.5) is 0 Å². The summed E-state index contributed by atoms with van der Waals surface area (Å²) in [5, 5.41) is 14.0. The zero-order valence-electron chi connectivity index (χ0n) is 19.6. The van der Waals surface area contributed by atoms with Crippen molar-refractivity contribution in [2.45, 2.75) is 58.5 Å². The predicted octanol–water partition coefficient (Wildman–Crippen LogP) is 2.99. The van der Waals surface area contributed by atoms with Gasteiger partial charge in [-0.15, -0.1) is 0 Å². The van der Waals surface area contributed by atoms with E-state index in [2.05, 4.69) is 62.2 Å². The van der Waals surface area contributed by atoms with Crippen molar-refractivity contribution in [1.29, 1.82) is 0 Å². The maximum atomic E-state index is 10.5. The van der Waals surface area contributed by atoms with Crippen molar-refractivity contribution < 1.29 is 19.3 Å². The van der Waals surface area contributed by atoms with Gasteiger partial charge in [0.1, 0.15) is 30.3 Å². The number of benzene rings is 2. The summed E-state index contributed by atoms with van der Waals surface area (Å²) in [5.74, 6) is 1.71. The lowest BCUT2D eigenvalue weighted by Gasteiger charge is -2.30. The molecule has 2 saturated heterocycles. The summed E-state index contributed by atoms with van der Waals surface area (Å²) in [5.41, 5.74) is 4.92. The number of aryl methyl sites for hydroxylation is 2. The van der Waals surface area contributed by atoms with Gasteiger partial charge in [0.25, 0.3) is 0 Å². The molecule has 0 saturated carbocycles. The Morgan fingerprint density at radius 2 is 1.75 bits per heavy atom. The minimum atomic E-state index is -0.491. The highest BCUT2D eigenvalue weighted by atomic mass is 16.5. The Bertz CT molecular complexity index is 874. The third-order valence-corrected chi connectivity index (χ3v) is 6.49. The molecule has 2 aliphatic heterocycles. The first-order chi connectivity index (χ1) is 15.4. The lowest BCUT2D eigenvalue weighted by Crippen LogP contribution is -2.51. The summed E-state index contributed by atoms with van der Waals surface area (Å²) in [6.07, 6.45) is -0.705. The van der Waals surface area contributed by atoms with E-state index in [1.165, 1.54) is 22.3 Å². The van der Waals surface area contributed by atoms with Crippen molar-refractivity contribution in [1.82, 2.24) is 10.2 Å². The average Bonchev–Trinajstić information content (AvgIpc) is 3.07. The van der Waals surface area contributed by atoms with Crippen LogP contribution in [0.15, 0.2) is 36.4 Å². The van der Waals surface area contributed by atoms with E-state index in [-0.39, 0.29) is 12.1 Å². The molecule has 0 amide bonds. The van der Waals surface area contributed by atoms with Crippen LogP contribution in [0.1, 0.15) is 29.2 Å². The second-order valence-corrected chi connectivity index (χ2v) is 9.36. The van der Waals surface area contributed by atoms with E-state index in [0.29, 0.717) is 25.7 Å². The van der Waals surface area contributed by atoms with Gasteiger partial charge in [-0.1, -0.05) is 12.1 Å². The zero-order valence-corrected chi connectivity index (χ0v) is 19.6. The fourth-order valence-corrected chi connectivity index (χ4v) is 4.27. The quantitative estimate of drug-likeness (QED) is 0.625. The van der Waals surface area contributed by atoms with Gasteiger partial charge in [0.05, 0.1) is 19.3 Å². The Hall–Kier alpha value is -2.12. The van der Waals surface area contributed by atoms with Crippen LogP contribution in [0.2, 0.25) is 0 Å². The second kappa shape index (κ2) is 10.2. The van der Waals surface area contributed by atoms with Gasteiger partial charge in [-0.2, -0.15) is 0 Å². The molecule has 0 bridgehead atoms. The van der Waals surface area contributed by atoms with Crippen molar-refractivity contribution in [2.75, 3.05) is 32.9 Å². The van der Waals surface area contributed by atoms with Crippen LogP contribution in [0.3, 0.4) is 0 Å². The van der Waals surface area contributed by atoms with Crippen LogP contribution in [0.5, 0.6) is 11.5 Å². The van der Waals surface area contributed by atoms with Crippen molar-refractivity contribution in [2.24, 2.45) is 0 Å². The van der Waals surface area contributed by atoms with E-state index in [0.717, 1.165) is 31.3 Å². The number of aliphatic hydroxyl groups excluding tert-OH is 1. The van der Waals surface area contributed by atoms with Crippen molar-refractivity contribution in [3.63, 3.8) is 0 Å². The fourth-order valence-electron chi connectivity index (χ4n) is 4.27. The molecule has 3 atom stereocenters. The Morgan fingerprint density at radius 3 is 2.38 bits per heavy atom. The van der Waals surface area contributed by atoms with Crippen molar-refractivity contribution >= 4 is 0 Å². The standard InChI is InChI=1S/C26H36N2O4/c1-17-9-24(10-18(2)20(17)4)32-26-13-28(12-25(26)29)11-21-5-7-23(8-6-21)31-14-19(3)27-22-15-30-16-22/h5-10,19,22,25-27,29H,11-16H2,1-4H3/t19-,25-,26-/m0/s1. The molecule has 4 rings (SSSR count). The molecule has 2 fully saturated rings. The van der Waals surface area contributed by atoms with Crippen LogP contribution >= 0.6 is 0 Å². The smallest absolute Gasteiger partial charge is 0.138 e. The minimum absolute atomic E-state index is 0.214. The van der Waals surface area contributed by atoms with Crippen LogP contribution in [0, 0.1) is 20.8 Å². The summed E-state index contributed by atoms with van der Waals surface area (Å²) in [6.45, 7) is 12.8. The highest BCUT2D eigenvalue weighted by Gasteiger charge is 2.33. The molecule has 174 valence electrons. The molecular formula is C26H36N2O4. The second-order valence-electron chi connectivity index (χ2n) is 9.36. The maximum absolute atomic E-state index is 10.5. The topological polar surface area (TPSA) is 63.2 Å². The molecule has 2 N–H and O–H groups in total. The maximum Gasteiger partial charge on any atom is 0.138 e. The molecule has 0 spiro atoms. The first kappa shape index (κ1) is 23.1. The number of β-amino-alcohol motifs (C(OH)–C–C–N with tert-alkyl or cyclic N) is 1. The number of hydrogen-bond acceptors (Lipinski definition) is 6. The lowest BCUT2D eigenvalue weighted by atomic mass is 10.0. The third kappa shape index (κ3) is 5.81. The first-order valence-electron chi connectivity index (χ1n) is 11.6. The molecule has 6 nitrogen and oxygen atoms in total. The van der Waals surface area contributed by atoms with Gasteiger partial charge >= 0.3 is 0 Å². The lowest BCUT2D eigenvalue weighted by molar-refractivity contribution is -0.0112. The summed E-state index contributed by atoms with van der Waals surface area (Å²) >= 11 is 0. The van der Waals surface area contributed by atoms with Gasteiger partial charge in [-0.3, -0.25) is 4.90 Å². The molecule has 2 heterocycles. The van der Waals surface area contributed by atoms with E-state index >= 15 is 0 Å². The van der Waals surface area contributed by atoms with E-state index in [4.69, 9.17) is 14.2 Å². The predicted molar refractivity (Wildman–Crippen MR) is 125 cm³/mol. The van der Waals surface area contributed by atoms with E-state index in [1.54, 1.807) is 0 Å². The highest BCUT2D eigenvalue weighted by Crippen LogP contribution is 2.25. The summed E-state index contributed by atoms with van der Waals surface area (Å²) in [4.78, 5) is 2.24. The number of rotatable bonds is 9. The first-order valence-corrected chi connectivity index (χ1v) is 11.6. The normalized spacial score (nSPS) is 22.5. The number of likely N-dealkylation sites (tertiary alicyclic amines) is 1. The Morgan fingerprint density at radius 1 is 1.06 bits per heavy atom. The molecule has 0 aliphatic carbocycles. The van der Waals surface area contributed by atoms with Gasteiger partial charge in [0.15, 0.2) is 0 Å². The SMILES string of the molecule is Cc1cc(O[C@H]2CN(Cc3ccc(OC[C@H](C)NC4COC4)cc3)C[C@@H]2O)cc(C)c1C. The fraction of sp³-hybridized carbons (Fsp3) is 0.538. The molecule has 2 aromatic rings. The number of ether oxygens (including phenoxy) is 3. The summed E-state index contributed by atoms with van der Waals surface area (Å²) < 4.78 is 17.3. The van der Waals surface area contributed by atoms with Gasteiger partial charge in [-0.25, -0.2) is 0 Å². The molecule has 0 radical (unpaired) electrons. The molecule has 6 heteroatoms. The Balaban J connectivity index is 1.25. The van der Waals surface area contributed by atoms with Crippen LogP contribution in [0.25, 0.3) is 0 Å². The summed E-state index contributed by atoms with van der Waals surface area (Å²) in [6, 6.07) is 13.1. The Labute approximate surface area is 191 Å². The van der Waals surface area contributed by atoms with Crippen LogP contribution in [-0.2, 0) is 11.3 Å². The van der Waals surface area contributed by atoms with Crippen LogP contribution < -0.4 is 14.8 Å². The highest BCUT2D eigenvalue weighted by molar-refractivity contribution is 5.40. The number of nitrogens with one attached hydrogen (secondary N) is 1. The van der Waals surface area contributed by atoms with Crippen molar-refractivity contribution in [3.8, 4) is 11.5 Å². The van der Waals surface area contributed by atoms with Crippen LogP contribution in [-0.4, -0.2) is 67.2 Å². The molecular weight excluding hydrogens is 404 g/mol. The van der Waals surface area contributed by atoms with Gasteiger partial charge in [-0.05, 0) is 74.2 Å². The Kier molecular flexibility index (Phi) is 7.36. The number of hydrogen-bond donors (Lipinski definition) is 2. The largest absolute Gasteiger partial charge is 0.492 e. The van der Waals surface area contributed by atoms with E-state index in [9.17, 15) is 5.11 Å². The molecule has 0 aromatic heterocycles. The van der Waals surface area contributed by atoms with Gasteiger partial charge in [0.2, 0.25) is 0 Å². The molecule has 32 heavy (non-hydrogen) atoms. The summed E-state index contributed by atoms with van der Waals surface area (Å²) in [7, 11) is 0. The van der Waals surface area contributed by atoms with Gasteiger partial charge < -0.3 is 24.6 Å².